The average Bonchev–Trinajstić information content (AvgIpc) is 3.09. The monoisotopic (exact) mass is 422 g/mol. The van der Waals surface area contributed by atoms with E-state index in [1.165, 1.54) is 0 Å². The van der Waals surface area contributed by atoms with Gasteiger partial charge in [0.2, 0.25) is 0 Å². The molecule has 0 radical (unpaired) electrons. The number of esters is 1. The highest BCUT2D eigenvalue weighted by molar-refractivity contribution is 7.18. The summed E-state index contributed by atoms with van der Waals surface area (Å²) >= 11 is 1.06. The Hall–Kier alpha value is -3.45. The SMILES string of the molecule is CCOC(=O)c1c(NC(=O)c2ccccc2)sc(C(=O)NCc2ccccc2)c1C. The molecule has 0 spiro atoms. The fraction of sp³-hybridized carbons (Fsp3) is 0.174. The van der Waals surface area contributed by atoms with Crippen molar-refractivity contribution < 1.29 is 19.1 Å². The van der Waals surface area contributed by atoms with Crippen LogP contribution in [-0.4, -0.2) is 24.4 Å². The van der Waals surface area contributed by atoms with Crippen LogP contribution in [0.1, 0.15) is 48.4 Å². The summed E-state index contributed by atoms with van der Waals surface area (Å²) in [6.45, 7) is 3.93. The second-order valence-corrected chi connectivity index (χ2v) is 7.49. The summed E-state index contributed by atoms with van der Waals surface area (Å²) in [5.74, 6) is -1.25. The molecule has 0 saturated carbocycles. The first-order valence-corrected chi connectivity index (χ1v) is 10.3. The molecule has 0 aliphatic rings. The quantitative estimate of drug-likeness (QED) is 0.552. The van der Waals surface area contributed by atoms with E-state index in [-0.39, 0.29) is 24.0 Å². The number of amides is 2. The van der Waals surface area contributed by atoms with E-state index in [1.54, 1.807) is 38.1 Å². The third-order valence-corrected chi connectivity index (χ3v) is 5.60. The van der Waals surface area contributed by atoms with Crippen molar-refractivity contribution in [1.82, 2.24) is 5.32 Å². The highest BCUT2D eigenvalue weighted by Crippen LogP contribution is 2.34. The second kappa shape index (κ2) is 9.84. The largest absolute Gasteiger partial charge is 0.462 e. The molecule has 2 amide bonds. The molecule has 0 unspecified atom stereocenters. The predicted molar refractivity (Wildman–Crippen MR) is 117 cm³/mol. The van der Waals surface area contributed by atoms with Crippen molar-refractivity contribution in [1.29, 1.82) is 0 Å². The van der Waals surface area contributed by atoms with Gasteiger partial charge in [0, 0.05) is 12.1 Å². The minimum Gasteiger partial charge on any atom is -0.462 e. The zero-order valence-corrected chi connectivity index (χ0v) is 17.5. The average molecular weight is 423 g/mol. The molecule has 3 aromatic rings. The molecule has 7 heteroatoms. The first-order valence-electron chi connectivity index (χ1n) is 9.50. The third-order valence-electron chi connectivity index (χ3n) is 4.39. The van der Waals surface area contributed by atoms with E-state index < -0.39 is 5.97 Å². The summed E-state index contributed by atoms with van der Waals surface area (Å²) in [6.07, 6.45) is 0. The normalized spacial score (nSPS) is 10.3. The fourth-order valence-electron chi connectivity index (χ4n) is 2.89. The fourth-order valence-corrected chi connectivity index (χ4v) is 4.00. The second-order valence-electron chi connectivity index (χ2n) is 6.47. The summed E-state index contributed by atoms with van der Waals surface area (Å²) in [5.41, 5.74) is 2.10. The molecule has 2 N–H and O–H groups in total. The zero-order valence-electron chi connectivity index (χ0n) is 16.7. The zero-order chi connectivity index (χ0) is 21.5. The van der Waals surface area contributed by atoms with Gasteiger partial charge in [-0.3, -0.25) is 9.59 Å². The van der Waals surface area contributed by atoms with E-state index in [0.717, 1.165) is 16.9 Å². The molecule has 0 aliphatic heterocycles. The lowest BCUT2D eigenvalue weighted by atomic mass is 10.1. The topological polar surface area (TPSA) is 84.5 Å². The summed E-state index contributed by atoms with van der Waals surface area (Å²) < 4.78 is 5.14. The lowest BCUT2D eigenvalue weighted by Crippen LogP contribution is -2.22. The number of thiophene rings is 1. The summed E-state index contributed by atoms with van der Waals surface area (Å²) in [5, 5.41) is 5.91. The predicted octanol–water partition coefficient (Wildman–Crippen LogP) is 4.42. The van der Waals surface area contributed by atoms with Gasteiger partial charge < -0.3 is 15.4 Å². The minimum atomic E-state index is -0.572. The number of benzene rings is 2. The van der Waals surface area contributed by atoms with E-state index >= 15 is 0 Å². The van der Waals surface area contributed by atoms with Crippen LogP contribution in [0.4, 0.5) is 5.00 Å². The Kier molecular flexibility index (Phi) is 6.98. The van der Waals surface area contributed by atoms with Crippen LogP contribution >= 0.6 is 11.3 Å². The van der Waals surface area contributed by atoms with Crippen molar-refractivity contribution in [3.8, 4) is 0 Å². The Morgan fingerprint density at radius 1 is 0.933 bits per heavy atom. The van der Waals surface area contributed by atoms with Crippen LogP contribution in [0.2, 0.25) is 0 Å². The van der Waals surface area contributed by atoms with Crippen LogP contribution < -0.4 is 10.6 Å². The maximum absolute atomic E-state index is 12.8. The lowest BCUT2D eigenvalue weighted by Gasteiger charge is -2.07. The first-order chi connectivity index (χ1) is 14.5. The Labute approximate surface area is 178 Å². The number of anilines is 1. The molecule has 0 fully saturated rings. The maximum Gasteiger partial charge on any atom is 0.341 e. The standard InChI is InChI=1S/C23H22N2O4S/c1-3-29-23(28)18-15(2)19(21(27)24-14-16-10-6-4-7-11-16)30-22(18)25-20(26)17-12-8-5-9-13-17/h4-13H,3,14H2,1-2H3,(H,24,27)(H,25,26). The molecule has 0 bridgehead atoms. The molecule has 0 aliphatic carbocycles. The van der Waals surface area contributed by atoms with Gasteiger partial charge >= 0.3 is 5.97 Å². The number of ether oxygens (including phenoxy) is 1. The highest BCUT2D eigenvalue weighted by atomic mass is 32.1. The van der Waals surface area contributed by atoms with Crippen LogP contribution in [0.25, 0.3) is 0 Å². The number of hydrogen-bond acceptors (Lipinski definition) is 5. The van der Waals surface area contributed by atoms with Crippen LogP contribution in [0.15, 0.2) is 60.7 Å². The molecular formula is C23H22N2O4S. The molecule has 3 rings (SSSR count). The van der Waals surface area contributed by atoms with E-state index in [4.69, 9.17) is 4.74 Å². The van der Waals surface area contributed by atoms with Crippen molar-refractivity contribution in [3.05, 3.63) is 87.8 Å². The van der Waals surface area contributed by atoms with Gasteiger partial charge in [-0.15, -0.1) is 11.3 Å². The Morgan fingerprint density at radius 2 is 1.57 bits per heavy atom. The van der Waals surface area contributed by atoms with E-state index in [1.807, 2.05) is 36.4 Å². The summed E-state index contributed by atoms with van der Waals surface area (Å²) in [6, 6.07) is 18.2. The van der Waals surface area contributed by atoms with Crippen LogP contribution in [0, 0.1) is 6.92 Å². The third kappa shape index (κ3) is 4.93. The number of rotatable bonds is 7. The van der Waals surface area contributed by atoms with Gasteiger partial charge in [0.15, 0.2) is 0 Å². The van der Waals surface area contributed by atoms with E-state index in [9.17, 15) is 14.4 Å². The van der Waals surface area contributed by atoms with E-state index in [2.05, 4.69) is 10.6 Å². The molecule has 0 atom stereocenters. The molecule has 6 nitrogen and oxygen atoms in total. The smallest absolute Gasteiger partial charge is 0.341 e. The van der Waals surface area contributed by atoms with E-state index in [0.29, 0.717) is 27.5 Å². The number of nitrogens with one attached hydrogen (secondary N) is 2. The summed E-state index contributed by atoms with van der Waals surface area (Å²) in [7, 11) is 0. The molecule has 1 heterocycles. The molecule has 154 valence electrons. The Morgan fingerprint density at radius 3 is 2.20 bits per heavy atom. The van der Waals surface area contributed by atoms with Crippen LogP contribution in [0.5, 0.6) is 0 Å². The van der Waals surface area contributed by atoms with Gasteiger partial charge in [-0.25, -0.2) is 4.79 Å². The van der Waals surface area contributed by atoms with Crippen molar-refractivity contribution in [2.45, 2.75) is 20.4 Å². The number of hydrogen-bond donors (Lipinski definition) is 2. The summed E-state index contributed by atoms with van der Waals surface area (Å²) in [4.78, 5) is 38.2. The van der Waals surface area contributed by atoms with Gasteiger partial charge in [0.1, 0.15) is 5.00 Å². The molecule has 0 saturated heterocycles. The highest BCUT2D eigenvalue weighted by Gasteiger charge is 2.26. The number of carbonyl (C=O) groups excluding carboxylic acids is 3. The van der Waals surface area contributed by atoms with Crippen molar-refractivity contribution in [2.75, 3.05) is 11.9 Å². The Balaban J connectivity index is 1.86. The molecule has 1 aromatic heterocycles. The van der Waals surface area contributed by atoms with Gasteiger partial charge in [0.25, 0.3) is 11.8 Å². The lowest BCUT2D eigenvalue weighted by molar-refractivity contribution is 0.0527. The number of carbonyl (C=O) groups is 3. The van der Waals surface area contributed by atoms with Gasteiger partial charge in [0.05, 0.1) is 17.0 Å². The minimum absolute atomic E-state index is 0.190. The Bertz CT molecular complexity index is 1050. The van der Waals surface area contributed by atoms with Crippen LogP contribution in [-0.2, 0) is 11.3 Å². The van der Waals surface area contributed by atoms with Crippen LogP contribution in [0.3, 0.4) is 0 Å². The maximum atomic E-state index is 12.8. The van der Waals surface area contributed by atoms with Crippen molar-refractivity contribution in [2.24, 2.45) is 0 Å². The van der Waals surface area contributed by atoms with Gasteiger partial charge in [-0.05, 0) is 37.1 Å². The van der Waals surface area contributed by atoms with Crippen molar-refractivity contribution >= 4 is 34.1 Å². The molecule has 30 heavy (non-hydrogen) atoms. The molecule has 2 aromatic carbocycles. The first kappa shape index (κ1) is 21.3. The molecular weight excluding hydrogens is 400 g/mol. The van der Waals surface area contributed by atoms with Crippen molar-refractivity contribution in [3.63, 3.8) is 0 Å². The van der Waals surface area contributed by atoms with Gasteiger partial charge in [-0.1, -0.05) is 48.5 Å². The van der Waals surface area contributed by atoms with Gasteiger partial charge in [-0.2, -0.15) is 0 Å².